The summed E-state index contributed by atoms with van der Waals surface area (Å²) >= 11 is 0. The van der Waals surface area contributed by atoms with E-state index in [1.165, 1.54) is 0 Å². The summed E-state index contributed by atoms with van der Waals surface area (Å²) in [5, 5.41) is 43.2. The van der Waals surface area contributed by atoms with Crippen LogP contribution in [0.15, 0.2) is 36.0 Å². The molecule has 1 amide bonds. The summed E-state index contributed by atoms with van der Waals surface area (Å²) in [7, 11) is 0. The molecule has 0 bridgehead atoms. The fraction of sp³-hybridized carbons (Fsp3) is 0.784. The van der Waals surface area contributed by atoms with E-state index in [9.17, 15) is 30.0 Å². The molecule has 10 unspecified atom stereocenters. The number of amides is 1. The second-order valence-corrected chi connectivity index (χ2v) is 14.1. The Bertz CT molecular complexity index is 1100. The molecule has 0 aromatic heterocycles. The van der Waals surface area contributed by atoms with Gasteiger partial charge < -0.3 is 44.4 Å². The second-order valence-electron chi connectivity index (χ2n) is 14.1. The van der Waals surface area contributed by atoms with Gasteiger partial charge in [-0.25, -0.2) is 4.79 Å². The highest BCUT2D eigenvalue weighted by Gasteiger charge is 2.47. The Labute approximate surface area is 288 Å². The molecule has 1 saturated heterocycles. The summed E-state index contributed by atoms with van der Waals surface area (Å²) in [6.07, 6.45) is 5.61. The minimum atomic E-state index is -1.50. The van der Waals surface area contributed by atoms with E-state index in [0.717, 1.165) is 13.1 Å². The van der Waals surface area contributed by atoms with Gasteiger partial charge in [0.2, 0.25) is 0 Å². The summed E-state index contributed by atoms with van der Waals surface area (Å²) in [5.74, 6) is -0.961. The molecular weight excluding hydrogens is 616 g/mol. The number of hydrogen-bond acceptors (Lipinski definition) is 10. The Balaban J connectivity index is 2.24. The first kappa shape index (κ1) is 41.9. The number of carbonyl (C=O) groups is 2. The van der Waals surface area contributed by atoms with Gasteiger partial charge in [0, 0.05) is 37.9 Å². The predicted molar refractivity (Wildman–Crippen MR) is 186 cm³/mol. The van der Waals surface area contributed by atoms with Crippen LogP contribution < -0.4 is 0 Å². The second kappa shape index (κ2) is 19.2. The van der Waals surface area contributed by atoms with Crippen LogP contribution in [0, 0.1) is 11.8 Å². The predicted octanol–water partition coefficient (Wildman–Crippen LogP) is 4.37. The number of nitrogens with zero attached hydrogens (tertiary/aromatic N) is 2. The molecule has 0 aliphatic carbocycles. The Kier molecular flexibility index (Phi) is 16.8. The Morgan fingerprint density at radius 3 is 2.46 bits per heavy atom. The number of carbonyl (C=O) groups excluding carboxylic acids is 2. The molecule has 11 heteroatoms. The first-order chi connectivity index (χ1) is 22.5. The van der Waals surface area contributed by atoms with Gasteiger partial charge in [0.05, 0.1) is 36.4 Å². The molecule has 1 fully saturated rings. The molecule has 4 N–H and O–H groups in total. The van der Waals surface area contributed by atoms with Crippen LogP contribution in [-0.2, 0) is 19.0 Å². The third-order valence-electron chi connectivity index (χ3n) is 9.82. The third-order valence-corrected chi connectivity index (χ3v) is 9.82. The van der Waals surface area contributed by atoms with Gasteiger partial charge in [-0.1, -0.05) is 58.9 Å². The maximum atomic E-state index is 13.3. The molecule has 48 heavy (non-hydrogen) atoms. The number of aliphatic hydroxyl groups excluding tert-OH is 2. The number of likely N-dealkylation sites (N-methyl/N-ethyl adjacent to an activating group) is 2. The van der Waals surface area contributed by atoms with Crippen molar-refractivity contribution >= 4 is 12.1 Å². The van der Waals surface area contributed by atoms with Gasteiger partial charge in [-0.2, -0.15) is 0 Å². The van der Waals surface area contributed by atoms with Gasteiger partial charge in [-0.15, -0.1) is 0 Å². The molecule has 2 rings (SSSR count). The van der Waals surface area contributed by atoms with Crippen molar-refractivity contribution in [2.24, 2.45) is 11.8 Å². The normalized spacial score (nSPS) is 31.4. The van der Waals surface area contributed by atoms with Gasteiger partial charge in [-0.05, 0) is 71.7 Å². The molecule has 10 atom stereocenters. The molecule has 0 aromatic rings. The van der Waals surface area contributed by atoms with Crippen molar-refractivity contribution in [1.82, 2.24) is 9.80 Å². The van der Waals surface area contributed by atoms with Crippen LogP contribution in [0.2, 0.25) is 0 Å². The van der Waals surface area contributed by atoms with Gasteiger partial charge in [0.1, 0.15) is 11.7 Å². The maximum Gasteiger partial charge on any atom is 0.410 e. The van der Waals surface area contributed by atoms with E-state index >= 15 is 0 Å². The molecular formula is C37H64N2O9. The molecule has 0 spiro atoms. The van der Waals surface area contributed by atoms with Crippen molar-refractivity contribution in [3.8, 4) is 0 Å². The van der Waals surface area contributed by atoms with Gasteiger partial charge in [-0.3, -0.25) is 4.79 Å². The number of aliphatic hydroxyl groups is 4. The number of allylic oxidation sites excluding steroid dienone is 2. The van der Waals surface area contributed by atoms with Crippen molar-refractivity contribution in [3.05, 3.63) is 36.0 Å². The van der Waals surface area contributed by atoms with Crippen LogP contribution in [-0.4, -0.2) is 123 Å². The minimum absolute atomic E-state index is 0.0132. The van der Waals surface area contributed by atoms with Crippen molar-refractivity contribution in [3.63, 3.8) is 0 Å². The van der Waals surface area contributed by atoms with Crippen molar-refractivity contribution in [2.45, 2.75) is 142 Å². The third kappa shape index (κ3) is 13.2. The Morgan fingerprint density at radius 2 is 1.85 bits per heavy atom. The number of ether oxygens (including phenoxy) is 3. The van der Waals surface area contributed by atoms with E-state index in [1.807, 2.05) is 34.6 Å². The quantitative estimate of drug-likeness (QED) is 0.0849. The van der Waals surface area contributed by atoms with Crippen molar-refractivity contribution in [1.29, 1.82) is 0 Å². The smallest absolute Gasteiger partial charge is 0.410 e. The zero-order valence-electron chi connectivity index (χ0n) is 30.8. The fourth-order valence-electron chi connectivity index (χ4n) is 6.17. The lowest BCUT2D eigenvalue weighted by atomic mass is 9.88. The van der Waals surface area contributed by atoms with E-state index in [1.54, 1.807) is 49.1 Å². The van der Waals surface area contributed by atoms with Gasteiger partial charge in [0.25, 0.3) is 0 Å². The molecule has 0 saturated carbocycles. The number of rotatable bonds is 15. The monoisotopic (exact) mass is 680 g/mol. The van der Waals surface area contributed by atoms with E-state index in [4.69, 9.17) is 14.2 Å². The highest BCUT2D eigenvalue weighted by molar-refractivity contribution is 5.70. The molecule has 0 radical (unpaired) electrons. The largest absolute Gasteiger partial charge is 0.457 e. The minimum Gasteiger partial charge on any atom is -0.457 e. The Morgan fingerprint density at radius 1 is 1.19 bits per heavy atom. The Hall–Kier alpha value is -2.28. The average Bonchev–Trinajstić information content (AvgIpc) is 3.79. The van der Waals surface area contributed by atoms with Crippen molar-refractivity contribution in [2.75, 3.05) is 32.7 Å². The number of esters is 1. The number of epoxide rings is 1. The molecule has 276 valence electrons. The summed E-state index contributed by atoms with van der Waals surface area (Å²) in [5.41, 5.74) is -1.96. The highest BCUT2D eigenvalue weighted by Crippen LogP contribution is 2.37. The van der Waals surface area contributed by atoms with Crippen LogP contribution in [0.4, 0.5) is 4.79 Å². The lowest BCUT2D eigenvalue weighted by Gasteiger charge is -2.34. The standard InChI is InChI=1S/C37H64N2O9/c1-10-29(41)27(7)34-30(46-34)24-36(8,44)19-14-15-25(5)33-26(6)16-17-31(37(9,45)20-18-28(40)23-32(42)48-33)47-35(43)39(13-4)22-21-38(11-2)12-3/h14-17,19,26-31,33-34,40-41,44-45H,10-13,18,20-24H2,1-9H3. The molecule has 2 aliphatic rings. The number of hydrogen-bond donors (Lipinski definition) is 4. The van der Waals surface area contributed by atoms with E-state index in [-0.39, 0.29) is 43.3 Å². The summed E-state index contributed by atoms with van der Waals surface area (Å²) in [6, 6.07) is 0. The SMILES string of the molecule is CCC(O)C(C)C1OC1CC(C)(O)C=CC=C(C)C1OC(=O)CC(O)CCC(C)(O)C(OC(=O)N(CC)CCN(CC)CC)C=CC1C. The van der Waals surface area contributed by atoms with Crippen molar-refractivity contribution < 1.29 is 44.2 Å². The maximum absolute atomic E-state index is 13.3. The average molecular weight is 681 g/mol. The summed E-state index contributed by atoms with van der Waals surface area (Å²) in [6.45, 7) is 20.3. The zero-order valence-corrected chi connectivity index (χ0v) is 30.8. The summed E-state index contributed by atoms with van der Waals surface area (Å²) < 4.78 is 17.5. The molecule has 2 heterocycles. The summed E-state index contributed by atoms with van der Waals surface area (Å²) in [4.78, 5) is 30.0. The molecule has 11 nitrogen and oxygen atoms in total. The number of cyclic esters (lactones) is 1. The first-order valence-electron chi connectivity index (χ1n) is 17.9. The van der Waals surface area contributed by atoms with Gasteiger partial charge >= 0.3 is 12.1 Å². The van der Waals surface area contributed by atoms with Gasteiger partial charge in [0.15, 0.2) is 6.10 Å². The van der Waals surface area contributed by atoms with Crippen LogP contribution in [0.5, 0.6) is 0 Å². The van der Waals surface area contributed by atoms with E-state index in [2.05, 4.69) is 18.7 Å². The van der Waals surface area contributed by atoms with Crippen LogP contribution in [0.1, 0.15) is 94.4 Å². The fourth-order valence-corrected chi connectivity index (χ4v) is 6.17. The van der Waals surface area contributed by atoms with E-state index < -0.39 is 47.7 Å². The van der Waals surface area contributed by atoms with E-state index in [0.29, 0.717) is 38.0 Å². The van der Waals surface area contributed by atoms with Crippen LogP contribution >= 0.6 is 0 Å². The van der Waals surface area contributed by atoms with Crippen LogP contribution in [0.25, 0.3) is 0 Å². The first-order valence-corrected chi connectivity index (χ1v) is 17.9. The molecule has 2 aliphatic heterocycles. The highest BCUT2D eigenvalue weighted by atomic mass is 16.6. The molecule has 0 aromatic carbocycles. The van der Waals surface area contributed by atoms with Crippen LogP contribution in [0.3, 0.4) is 0 Å². The lowest BCUT2D eigenvalue weighted by Crippen LogP contribution is -2.46. The zero-order chi connectivity index (χ0) is 36.2. The topological polar surface area (TPSA) is 153 Å². The lowest BCUT2D eigenvalue weighted by molar-refractivity contribution is -0.151.